The molecule has 0 radical (unpaired) electrons. The smallest absolute Gasteiger partial charge is 0.330 e. The fourth-order valence-corrected chi connectivity index (χ4v) is 5.98. The van der Waals surface area contributed by atoms with Crippen LogP contribution in [-0.4, -0.2) is 38.2 Å². The van der Waals surface area contributed by atoms with E-state index < -0.39 is 5.97 Å². The van der Waals surface area contributed by atoms with Gasteiger partial charge in [0.15, 0.2) is 0 Å². The third kappa shape index (κ3) is 10.2. The summed E-state index contributed by atoms with van der Waals surface area (Å²) in [6.45, 7) is 4.01. The molecule has 0 aliphatic heterocycles. The third-order valence-electron chi connectivity index (χ3n) is 8.47. The van der Waals surface area contributed by atoms with Gasteiger partial charge in [0.1, 0.15) is 5.75 Å². The Morgan fingerprint density at radius 2 is 1.14 bits per heavy atom. The second-order valence-corrected chi connectivity index (χ2v) is 11.4. The molecule has 10 nitrogen and oxygen atoms in total. The van der Waals surface area contributed by atoms with E-state index in [2.05, 4.69) is 27.0 Å². The quantitative estimate of drug-likeness (QED) is 0.0744. The van der Waals surface area contributed by atoms with Crippen LogP contribution in [0.3, 0.4) is 0 Å². The lowest BCUT2D eigenvalue weighted by molar-refractivity contribution is -0.151. The molecule has 10 heteroatoms. The zero-order chi connectivity index (χ0) is 31.1. The largest absolute Gasteiger partial charge is 0.465 e. The molecule has 4 rings (SSSR count). The van der Waals surface area contributed by atoms with Crippen LogP contribution < -0.4 is 4.74 Å². The molecule has 2 saturated carbocycles. The Morgan fingerprint density at radius 3 is 1.64 bits per heavy atom. The Hall–Kier alpha value is -4.21. The summed E-state index contributed by atoms with van der Waals surface area (Å²) in [6.07, 6.45) is 9.90. The fraction of sp³-hybridized carbons (Fsp3) is 0.500. The molecule has 0 aromatic heterocycles. The van der Waals surface area contributed by atoms with E-state index in [1.54, 1.807) is 31.3 Å². The van der Waals surface area contributed by atoms with Crippen LogP contribution in [0.1, 0.15) is 64.2 Å². The molecule has 0 saturated heterocycles. The standard InChI is InChI=1S/C34H42N4O6/c1-3-32(39)42-22-4-5-23-43-33(40)26-10-6-24(7-11-26)25-8-12-27(13-9-25)34(41)44-31-20-18-30(19-21-31)38-37-29-16-14-28(15-17-29)36-35-2/h3,14-21,24-27H,1,4-13,22-23H2,2H3. The average molecular weight is 603 g/mol. The highest BCUT2D eigenvalue weighted by Crippen LogP contribution is 2.42. The summed E-state index contributed by atoms with van der Waals surface area (Å²) in [4.78, 5) is 36.4. The molecule has 0 heterocycles. The summed E-state index contributed by atoms with van der Waals surface area (Å²) in [7, 11) is 1.62. The molecule has 2 aromatic rings. The van der Waals surface area contributed by atoms with Gasteiger partial charge in [-0.25, -0.2) is 4.79 Å². The van der Waals surface area contributed by atoms with Gasteiger partial charge >= 0.3 is 17.9 Å². The van der Waals surface area contributed by atoms with Crippen molar-refractivity contribution in [3.8, 4) is 5.75 Å². The van der Waals surface area contributed by atoms with Crippen molar-refractivity contribution in [1.29, 1.82) is 0 Å². The van der Waals surface area contributed by atoms with Crippen molar-refractivity contribution in [3.63, 3.8) is 0 Å². The number of benzene rings is 2. The number of azo groups is 2. The number of carbonyl (C=O) groups excluding carboxylic acids is 3. The minimum Gasteiger partial charge on any atom is -0.465 e. The maximum Gasteiger partial charge on any atom is 0.330 e. The zero-order valence-electron chi connectivity index (χ0n) is 25.4. The molecule has 0 atom stereocenters. The van der Waals surface area contributed by atoms with Crippen LogP contribution in [0.25, 0.3) is 0 Å². The van der Waals surface area contributed by atoms with Crippen LogP contribution in [-0.2, 0) is 23.9 Å². The van der Waals surface area contributed by atoms with Crippen molar-refractivity contribution in [1.82, 2.24) is 0 Å². The average Bonchev–Trinajstić information content (AvgIpc) is 3.06. The second kappa shape index (κ2) is 17.2. The Bertz CT molecular complexity index is 1290. The van der Waals surface area contributed by atoms with Gasteiger partial charge in [0.05, 0.1) is 42.1 Å². The second-order valence-electron chi connectivity index (χ2n) is 11.4. The summed E-state index contributed by atoms with van der Waals surface area (Å²) in [5.41, 5.74) is 2.12. The molecule has 2 aromatic carbocycles. The minimum atomic E-state index is -0.436. The molecule has 44 heavy (non-hydrogen) atoms. The summed E-state index contributed by atoms with van der Waals surface area (Å²) in [5.74, 6) is 0.845. The predicted molar refractivity (Wildman–Crippen MR) is 165 cm³/mol. The first-order valence-corrected chi connectivity index (χ1v) is 15.5. The topological polar surface area (TPSA) is 128 Å². The summed E-state index contributed by atoms with van der Waals surface area (Å²) < 4.78 is 16.1. The van der Waals surface area contributed by atoms with Crippen molar-refractivity contribution in [2.75, 3.05) is 20.3 Å². The van der Waals surface area contributed by atoms with Gasteiger partial charge in [0.2, 0.25) is 0 Å². The van der Waals surface area contributed by atoms with Crippen LogP contribution in [0.5, 0.6) is 5.75 Å². The number of rotatable bonds is 13. The van der Waals surface area contributed by atoms with Crippen molar-refractivity contribution >= 4 is 35.0 Å². The van der Waals surface area contributed by atoms with E-state index in [-0.39, 0.29) is 23.8 Å². The molecule has 234 valence electrons. The molecule has 2 aliphatic rings. The van der Waals surface area contributed by atoms with E-state index in [1.807, 2.05) is 24.3 Å². The molecule has 0 unspecified atom stereocenters. The number of esters is 3. The minimum absolute atomic E-state index is 0.0332. The molecular formula is C34H42N4O6. The zero-order valence-corrected chi connectivity index (χ0v) is 25.4. The SMILES string of the molecule is C=CC(=O)OCCCCOC(=O)C1CCC(C2CCC(C(=O)Oc3ccc(N=Nc4ccc(N=NC)cc4)cc3)CC2)CC1. The number of nitrogens with zero attached hydrogens (tertiary/aromatic N) is 4. The van der Waals surface area contributed by atoms with Crippen LogP contribution in [0, 0.1) is 23.7 Å². The number of hydrogen-bond acceptors (Lipinski definition) is 10. The number of unbranched alkanes of at least 4 members (excludes halogenated alkanes) is 1. The van der Waals surface area contributed by atoms with Crippen molar-refractivity contribution in [3.05, 3.63) is 61.2 Å². The lowest BCUT2D eigenvalue weighted by Crippen LogP contribution is -2.31. The van der Waals surface area contributed by atoms with Gasteiger partial charge < -0.3 is 14.2 Å². The molecule has 2 aliphatic carbocycles. The molecule has 0 bridgehead atoms. The van der Waals surface area contributed by atoms with E-state index >= 15 is 0 Å². The molecule has 0 spiro atoms. The third-order valence-corrected chi connectivity index (χ3v) is 8.47. The van der Waals surface area contributed by atoms with Gasteiger partial charge in [-0.05, 0) is 125 Å². The summed E-state index contributed by atoms with van der Waals surface area (Å²) in [6, 6.07) is 14.3. The molecular weight excluding hydrogens is 560 g/mol. The molecule has 2 fully saturated rings. The van der Waals surface area contributed by atoms with Gasteiger partial charge in [-0.15, -0.1) is 0 Å². The van der Waals surface area contributed by atoms with E-state index in [0.717, 1.165) is 63.1 Å². The lowest BCUT2D eigenvalue weighted by atomic mass is 9.69. The predicted octanol–water partition coefficient (Wildman–Crippen LogP) is 8.39. The van der Waals surface area contributed by atoms with Gasteiger partial charge in [0.25, 0.3) is 0 Å². The maximum atomic E-state index is 12.9. The highest BCUT2D eigenvalue weighted by Gasteiger charge is 2.35. The first-order valence-electron chi connectivity index (χ1n) is 15.5. The Balaban J connectivity index is 1.12. The molecule has 0 amide bonds. The van der Waals surface area contributed by atoms with E-state index in [1.165, 1.54) is 0 Å². The lowest BCUT2D eigenvalue weighted by Gasteiger charge is -2.36. The Kier molecular flexibility index (Phi) is 12.8. The number of hydrogen-bond donors (Lipinski definition) is 0. The number of carbonyl (C=O) groups is 3. The Morgan fingerprint density at radius 1 is 0.682 bits per heavy atom. The Labute approximate surface area is 259 Å². The monoisotopic (exact) mass is 602 g/mol. The molecule has 0 N–H and O–H groups in total. The van der Waals surface area contributed by atoms with Gasteiger partial charge in [-0.2, -0.15) is 20.5 Å². The normalized spacial score (nSPS) is 22.0. The highest BCUT2D eigenvalue weighted by molar-refractivity contribution is 5.81. The van der Waals surface area contributed by atoms with Crippen LogP contribution in [0.15, 0.2) is 81.6 Å². The fourth-order valence-electron chi connectivity index (χ4n) is 5.98. The number of ether oxygens (including phenoxy) is 3. The van der Waals surface area contributed by atoms with Crippen LogP contribution in [0.2, 0.25) is 0 Å². The summed E-state index contributed by atoms with van der Waals surface area (Å²) >= 11 is 0. The van der Waals surface area contributed by atoms with Crippen LogP contribution in [0.4, 0.5) is 17.1 Å². The van der Waals surface area contributed by atoms with Gasteiger partial charge in [0, 0.05) is 13.1 Å². The van der Waals surface area contributed by atoms with Crippen molar-refractivity contribution in [2.45, 2.75) is 64.2 Å². The van der Waals surface area contributed by atoms with Crippen LogP contribution >= 0.6 is 0 Å². The van der Waals surface area contributed by atoms with Crippen molar-refractivity contribution in [2.24, 2.45) is 44.1 Å². The van der Waals surface area contributed by atoms with Gasteiger partial charge in [-0.3, -0.25) is 9.59 Å². The van der Waals surface area contributed by atoms with E-state index in [0.29, 0.717) is 55.0 Å². The van der Waals surface area contributed by atoms with Gasteiger partial charge in [-0.1, -0.05) is 6.58 Å². The highest BCUT2D eigenvalue weighted by atomic mass is 16.5. The maximum absolute atomic E-state index is 12.9. The van der Waals surface area contributed by atoms with E-state index in [9.17, 15) is 14.4 Å². The summed E-state index contributed by atoms with van der Waals surface area (Å²) in [5, 5.41) is 16.2. The first kappa shape index (κ1) is 32.7. The van der Waals surface area contributed by atoms with Crippen molar-refractivity contribution < 1.29 is 28.6 Å². The first-order chi connectivity index (χ1) is 21.4. The van der Waals surface area contributed by atoms with E-state index in [4.69, 9.17) is 14.2 Å².